The zero-order valence-electron chi connectivity index (χ0n) is 10.3. The third-order valence-electron chi connectivity index (χ3n) is 2.30. The summed E-state index contributed by atoms with van der Waals surface area (Å²) in [4.78, 5) is 11.2. The van der Waals surface area contributed by atoms with Gasteiger partial charge in [0.25, 0.3) is 0 Å². The van der Waals surface area contributed by atoms with Crippen LogP contribution in [0.15, 0.2) is 18.2 Å². The molecule has 18 heavy (non-hydrogen) atoms. The van der Waals surface area contributed by atoms with E-state index in [1.165, 1.54) is 19.2 Å². The van der Waals surface area contributed by atoms with E-state index in [2.05, 4.69) is 0 Å². The summed E-state index contributed by atoms with van der Waals surface area (Å²) in [6.45, 7) is 1.99. The first-order valence-electron chi connectivity index (χ1n) is 5.33. The Labute approximate surface area is 112 Å². The van der Waals surface area contributed by atoms with E-state index in [1.54, 1.807) is 13.0 Å². The number of benzene rings is 1. The highest BCUT2D eigenvalue weighted by Crippen LogP contribution is 2.25. The van der Waals surface area contributed by atoms with Gasteiger partial charge >= 0.3 is 5.97 Å². The van der Waals surface area contributed by atoms with Gasteiger partial charge in [0.2, 0.25) is 0 Å². The first-order chi connectivity index (χ1) is 8.10. The second-order valence-electron chi connectivity index (χ2n) is 3.48. The van der Waals surface area contributed by atoms with Crippen LogP contribution in [0.1, 0.15) is 24.9 Å². The molecule has 0 aliphatic heterocycles. The Morgan fingerprint density at radius 1 is 1.50 bits per heavy atom. The molecule has 102 valence electrons. The SMILES string of the molecule is CCOC(=O)C[C@H](N)c1cccc(OC)c1F.Cl. The number of ether oxygens (including phenoxy) is 2. The van der Waals surface area contributed by atoms with Crippen LogP contribution in [0.3, 0.4) is 0 Å². The van der Waals surface area contributed by atoms with Gasteiger partial charge in [0.05, 0.1) is 20.1 Å². The van der Waals surface area contributed by atoms with Gasteiger partial charge in [-0.15, -0.1) is 12.4 Å². The van der Waals surface area contributed by atoms with Gasteiger partial charge in [-0.2, -0.15) is 0 Å². The Morgan fingerprint density at radius 3 is 2.72 bits per heavy atom. The van der Waals surface area contributed by atoms with Gasteiger partial charge in [-0.05, 0) is 13.0 Å². The maximum Gasteiger partial charge on any atom is 0.307 e. The number of carbonyl (C=O) groups excluding carboxylic acids is 1. The smallest absolute Gasteiger partial charge is 0.307 e. The predicted molar refractivity (Wildman–Crippen MR) is 68.4 cm³/mol. The fourth-order valence-electron chi connectivity index (χ4n) is 1.48. The second kappa shape index (κ2) is 7.89. The molecule has 0 aliphatic rings. The monoisotopic (exact) mass is 277 g/mol. The van der Waals surface area contributed by atoms with Gasteiger partial charge in [0, 0.05) is 11.6 Å². The van der Waals surface area contributed by atoms with Crippen LogP contribution >= 0.6 is 12.4 Å². The van der Waals surface area contributed by atoms with Crippen LogP contribution in [-0.4, -0.2) is 19.7 Å². The lowest BCUT2D eigenvalue weighted by Gasteiger charge is -2.13. The first kappa shape index (κ1) is 16.7. The average Bonchev–Trinajstić information content (AvgIpc) is 2.29. The standard InChI is InChI=1S/C12H16FNO3.ClH/c1-3-17-11(15)7-9(14)8-5-4-6-10(16-2)12(8)13;/h4-6,9H,3,7,14H2,1-2H3;1H/t9-;/m0./s1. The molecule has 0 radical (unpaired) electrons. The van der Waals surface area contributed by atoms with Gasteiger partial charge in [0.15, 0.2) is 11.6 Å². The molecule has 0 spiro atoms. The molecule has 1 aromatic carbocycles. The van der Waals surface area contributed by atoms with E-state index in [1.807, 2.05) is 0 Å². The highest BCUT2D eigenvalue weighted by atomic mass is 35.5. The van der Waals surface area contributed by atoms with Gasteiger partial charge in [-0.3, -0.25) is 4.79 Å². The van der Waals surface area contributed by atoms with E-state index in [4.69, 9.17) is 15.2 Å². The number of hydrogen-bond donors (Lipinski definition) is 1. The molecular formula is C12H17ClFNO3. The lowest BCUT2D eigenvalue weighted by atomic mass is 10.0. The fourth-order valence-corrected chi connectivity index (χ4v) is 1.48. The summed E-state index contributed by atoms with van der Waals surface area (Å²) >= 11 is 0. The summed E-state index contributed by atoms with van der Waals surface area (Å²) in [5.41, 5.74) is 6.00. The Kier molecular flexibility index (Phi) is 7.31. The number of esters is 1. The van der Waals surface area contributed by atoms with Gasteiger partial charge < -0.3 is 15.2 Å². The molecule has 0 saturated heterocycles. The van der Waals surface area contributed by atoms with E-state index >= 15 is 0 Å². The third-order valence-corrected chi connectivity index (χ3v) is 2.30. The largest absolute Gasteiger partial charge is 0.494 e. The van der Waals surface area contributed by atoms with Crippen molar-refractivity contribution in [3.05, 3.63) is 29.6 Å². The van der Waals surface area contributed by atoms with Crippen LogP contribution < -0.4 is 10.5 Å². The minimum absolute atomic E-state index is 0. The van der Waals surface area contributed by atoms with E-state index < -0.39 is 17.8 Å². The lowest BCUT2D eigenvalue weighted by Crippen LogP contribution is -2.18. The summed E-state index contributed by atoms with van der Waals surface area (Å²) < 4.78 is 23.4. The number of nitrogens with two attached hydrogens (primary N) is 1. The van der Waals surface area contributed by atoms with E-state index in [-0.39, 0.29) is 36.7 Å². The maximum atomic E-state index is 13.8. The second-order valence-corrected chi connectivity index (χ2v) is 3.48. The number of methoxy groups -OCH3 is 1. The summed E-state index contributed by atoms with van der Waals surface area (Å²) in [5.74, 6) is -0.865. The topological polar surface area (TPSA) is 61.5 Å². The lowest BCUT2D eigenvalue weighted by molar-refractivity contribution is -0.143. The third kappa shape index (κ3) is 4.16. The molecule has 0 aromatic heterocycles. The van der Waals surface area contributed by atoms with Gasteiger partial charge in [-0.25, -0.2) is 4.39 Å². The Bertz CT molecular complexity index is 401. The van der Waals surface area contributed by atoms with Crippen molar-refractivity contribution in [1.29, 1.82) is 0 Å². The van der Waals surface area contributed by atoms with E-state index in [9.17, 15) is 9.18 Å². The molecule has 1 aromatic rings. The molecule has 1 atom stereocenters. The van der Waals surface area contributed by atoms with Crippen LogP contribution in [0.25, 0.3) is 0 Å². The molecule has 0 saturated carbocycles. The summed E-state index contributed by atoms with van der Waals surface area (Å²) in [7, 11) is 1.37. The van der Waals surface area contributed by atoms with Crippen molar-refractivity contribution in [3.63, 3.8) is 0 Å². The van der Waals surface area contributed by atoms with Crippen LogP contribution in [0, 0.1) is 5.82 Å². The van der Waals surface area contributed by atoms with Crippen molar-refractivity contribution in [2.24, 2.45) is 5.73 Å². The summed E-state index contributed by atoms with van der Waals surface area (Å²) in [6.07, 6.45) is -0.0576. The average molecular weight is 278 g/mol. The molecule has 1 rings (SSSR count). The molecular weight excluding hydrogens is 261 g/mol. The van der Waals surface area contributed by atoms with Crippen molar-refractivity contribution in [3.8, 4) is 5.75 Å². The number of rotatable bonds is 5. The van der Waals surface area contributed by atoms with E-state index in [0.29, 0.717) is 0 Å². The van der Waals surface area contributed by atoms with Crippen molar-refractivity contribution in [2.75, 3.05) is 13.7 Å². The van der Waals surface area contributed by atoms with Gasteiger partial charge in [0.1, 0.15) is 0 Å². The number of hydrogen-bond acceptors (Lipinski definition) is 4. The van der Waals surface area contributed by atoms with Crippen molar-refractivity contribution in [2.45, 2.75) is 19.4 Å². The molecule has 4 nitrogen and oxygen atoms in total. The van der Waals surface area contributed by atoms with Crippen LogP contribution in [0.2, 0.25) is 0 Å². The van der Waals surface area contributed by atoms with Crippen molar-refractivity contribution < 1.29 is 18.7 Å². The Balaban J connectivity index is 0.00000289. The minimum atomic E-state index is -0.732. The van der Waals surface area contributed by atoms with Crippen LogP contribution in [-0.2, 0) is 9.53 Å². The molecule has 0 unspecified atom stereocenters. The highest BCUT2D eigenvalue weighted by molar-refractivity contribution is 5.85. The summed E-state index contributed by atoms with van der Waals surface area (Å²) in [5, 5.41) is 0. The normalized spacial score (nSPS) is 11.3. The minimum Gasteiger partial charge on any atom is -0.494 e. The molecule has 0 heterocycles. The predicted octanol–water partition coefficient (Wildman–Crippen LogP) is 2.21. The summed E-state index contributed by atoms with van der Waals surface area (Å²) in [6, 6.07) is 3.92. The Hall–Kier alpha value is -1.33. The molecule has 0 aliphatic carbocycles. The first-order valence-corrected chi connectivity index (χ1v) is 5.33. The van der Waals surface area contributed by atoms with Crippen LogP contribution in [0.5, 0.6) is 5.75 Å². The fraction of sp³-hybridized carbons (Fsp3) is 0.417. The number of halogens is 2. The zero-order valence-corrected chi connectivity index (χ0v) is 11.1. The van der Waals surface area contributed by atoms with E-state index in [0.717, 1.165) is 0 Å². The quantitative estimate of drug-likeness (QED) is 0.838. The van der Waals surface area contributed by atoms with Gasteiger partial charge in [-0.1, -0.05) is 12.1 Å². The molecule has 0 bridgehead atoms. The molecule has 0 fully saturated rings. The molecule has 0 amide bonds. The van der Waals surface area contributed by atoms with Crippen molar-refractivity contribution in [1.82, 2.24) is 0 Å². The Morgan fingerprint density at radius 2 is 2.17 bits per heavy atom. The molecule has 6 heteroatoms. The number of carbonyl (C=O) groups is 1. The van der Waals surface area contributed by atoms with Crippen molar-refractivity contribution >= 4 is 18.4 Å². The molecule has 2 N–H and O–H groups in total. The maximum absolute atomic E-state index is 13.8. The zero-order chi connectivity index (χ0) is 12.8. The van der Waals surface area contributed by atoms with Crippen LogP contribution in [0.4, 0.5) is 4.39 Å². The highest BCUT2D eigenvalue weighted by Gasteiger charge is 2.18.